The normalized spacial score (nSPS) is 16.9. The summed E-state index contributed by atoms with van der Waals surface area (Å²) in [5, 5.41) is 16.2. The molecule has 2 aliphatic rings. The van der Waals surface area contributed by atoms with Crippen molar-refractivity contribution >= 4 is 17.2 Å². The predicted octanol–water partition coefficient (Wildman–Crippen LogP) is 4.22. The number of aromatic nitrogens is 2. The number of ether oxygens (including phenoxy) is 1. The fourth-order valence-corrected chi connectivity index (χ4v) is 6.28. The Bertz CT molecular complexity index is 1690. The maximum atomic E-state index is 14.5. The Morgan fingerprint density at radius 1 is 1.11 bits per heavy atom. The van der Waals surface area contributed by atoms with Crippen molar-refractivity contribution in [2.45, 2.75) is 25.3 Å². The SMILES string of the molecule is CCOc1cc(-c2ccc(N3CCC(CN4CCNCC4)(NC(=O)c4cc(F)ccc4F)CC3)nc2)c2c(C#N)ccn2c1. The molecule has 6 rings (SSSR count). The summed E-state index contributed by atoms with van der Waals surface area (Å²) in [6.07, 6.45) is 6.77. The minimum absolute atomic E-state index is 0.283. The zero-order valence-corrected chi connectivity index (χ0v) is 24.7. The van der Waals surface area contributed by atoms with Crippen LogP contribution in [0.25, 0.3) is 16.6 Å². The van der Waals surface area contributed by atoms with Crippen LogP contribution >= 0.6 is 0 Å². The summed E-state index contributed by atoms with van der Waals surface area (Å²) in [6, 6.07) is 12.9. The van der Waals surface area contributed by atoms with Crippen LogP contribution in [-0.4, -0.2) is 78.2 Å². The highest BCUT2D eigenvalue weighted by Gasteiger charge is 2.39. The minimum Gasteiger partial charge on any atom is -0.492 e. The number of amides is 1. The van der Waals surface area contributed by atoms with E-state index in [0.717, 1.165) is 66.8 Å². The van der Waals surface area contributed by atoms with Crippen LogP contribution in [0.3, 0.4) is 0 Å². The van der Waals surface area contributed by atoms with Gasteiger partial charge in [-0.15, -0.1) is 0 Å². The van der Waals surface area contributed by atoms with E-state index in [9.17, 15) is 18.8 Å². The number of carbonyl (C=O) groups excluding carboxylic acids is 1. The average Bonchev–Trinajstić information content (AvgIpc) is 3.46. The summed E-state index contributed by atoms with van der Waals surface area (Å²) >= 11 is 0. The Kier molecular flexibility index (Phi) is 8.46. The Labute approximate surface area is 255 Å². The molecule has 0 bridgehead atoms. The summed E-state index contributed by atoms with van der Waals surface area (Å²) in [4.78, 5) is 22.5. The van der Waals surface area contributed by atoms with Crippen LogP contribution in [0.1, 0.15) is 35.7 Å². The molecule has 3 aromatic heterocycles. The van der Waals surface area contributed by atoms with E-state index in [1.54, 1.807) is 6.07 Å². The number of halogens is 2. The van der Waals surface area contributed by atoms with E-state index >= 15 is 0 Å². The quantitative estimate of drug-likeness (QED) is 0.313. The van der Waals surface area contributed by atoms with Crippen molar-refractivity contribution in [3.63, 3.8) is 0 Å². The van der Waals surface area contributed by atoms with Gasteiger partial charge in [0.05, 0.1) is 35.0 Å². The van der Waals surface area contributed by atoms with Gasteiger partial charge in [-0.3, -0.25) is 9.69 Å². The lowest BCUT2D eigenvalue weighted by molar-refractivity contribution is 0.0810. The lowest BCUT2D eigenvalue weighted by atomic mass is 9.86. The smallest absolute Gasteiger partial charge is 0.254 e. The van der Waals surface area contributed by atoms with E-state index in [2.05, 4.69) is 26.5 Å². The molecule has 0 aliphatic carbocycles. The zero-order chi connectivity index (χ0) is 30.7. The average molecular weight is 600 g/mol. The van der Waals surface area contributed by atoms with Gasteiger partial charge in [-0.05, 0) is 62.2 Å². The number of nitriles is 1. The molecule has 2 fully saturated rings. The van der Waals surface area contributed by atoms with Crippen molar-refractivity contribution in [2.75, 3.05) is 57.3 Å². The number of nitrogens with zero attached hydrogens (tertiary/aromatic N) is 5. The molecule has 0 unspecified atom stereocenters. The van der Waals surface area contributed by atoms with Gasteiger partial charge in [0, 0.05) is 69.3 Å². The van der Waals surface area contributed by atoms with Crippen molar-refractivity contribution in [2.24, 2.45) is 0 Å². The Morgan fingerprint density at radius 3 is 2.61 bits per heavy atom. The van der Waals surface area contributed by atoms with Gasteiger partial charge in [-0.1, -0.05) is 0 Å². The lowest BCUT2D eigenvalue weighted by Crippen LogP contribution is -2.62. The molecule has 0 saturated carbocycles. The maximum Gasteiger partial charge on any atom is 0.254 e. The summed E-state index contributed by atoms with van der Waals surface area (Å²) in [5.74, 6) is -0.482. The second-order valence-electron chi connectivity index (χ2n) is 11.4. The highest BCUT2D eigenvalue weighted by molar-refractivity contribution is 5.95. The predicted molar refractivity (Wildman–Crippen MR) is 164 cm³/mol. The van der Waals surface area contributed by atoms with Crippen LogP contribution in [0.15, 0.2) is 61.1 Å². The fourth-order valence-electron chi connectivity index (χ4n) is 6.28. The highest BCUT2D eigenvalue weighted by Crippen LogP contribution is 2.33. The second-order valence-corrected chi connectivity index (χ2v) is 11.4. The number of rotatable bonds is 8. The number of benzene rings is 1. The van der Waals surface area contributed by atoms with E-state index in [4.69, 9.17) is 9.72 Å². The molecule has 11 heteroatoms. The van der Waals surface area contributed by atoms with Gasteiger partial charge in [0.2, 0.25) is 0 Å². The van der Waals surface area contributed by atoms with Crippen molar-refractivity contribution in [3.05, 3.63) is 83.8 Å². The molecule has 0 atom stereocenters. The molecule has 4 aromatic rings. The fraction of sp³-hybridized carbons (Fsp3) is 0.364. The van der Waals surface area contributed by atoms with Crippen molar-refractivity contribution in [1.82, 2.24) is 24.9 Å². The third kappa shape index (κ3) is 6.09. The monoisotopic (exact) mass is 599 g/mol. The number of hydrogen-bond donors (Lipinski definition) is 2. The topological polar surface area (TPSA) is 97.9 Å². The van der Waals surface area contributed by atoms with E-state index in [0.29, 0.717) is 50.4 Å². The molecule has 228 valence electrons. The van der Waals surface area contributed by atoms with E-state index in [-0.39, 0.29) is 5.56 Å². The third-order valence-electron chi connectivity index (χ3n) is 8.55. The molecule has 0 radical (unpaired) electrons. The molecule has 9 nitrogen and oxygen atoms in total. The van der Waals surface area contributed by atoms with Gasteiger partial charge >= 0.3 is 0 Å². The molecule has 5 heterocycles. The first-order valence-electron chi connectivity index (χ1n) is 15.0. The van der Waals surface area contributed by atoms with Gasteiger partial charge < -0.3 is 24.7 Å². The molecule has 44 heavy (non-hydrogen) atoms. The van der Waals surface area contributed by atoms with Crippen LogP contribution in [0.2, 0.25) is 0 Å². The van der Waals surface area contributed by atoms with Gasteiger partial charge in [0.15, 0.2) is 0 Å². The van der Waals surface area contributed by atoms with Gasteiger partial charge in [0.25, 0.3) is 5.91 Å². The van der Waals surface area contributed by atoms with Gasteiger partial charge in [0.1, 0.15) is 29.3 Å². The van der Waals surface area contributed by atoms with Crippen LogP contribution in [0.5, 0.6) is 5.75 Å². The Balaban J connectivity index is 1.22. The van der Waals surface area contributed by atoms with Crippen LogP contribution < -0.4 is 20.3 Å². The molecular formula is C33H35F2N7O2. The Morgan fingerprint density at radius 2 is 1.91 bits per heavy atom. The number of hydrogen-bond acceptors (Lipinski definition) is 7. The molecule has 2 saturated heterocycles. The van der Waals surface area contributed by atoms with E-state index < -0.39 is 23.1 Å². The van der Waals surface area contributed by atoms with Crippen LogP contribution in [0, 0.1) is 23.0 Å². The number of anilines is 1. The van der Waals surface area contributed by atoms with Crippen LogP contribution in [-0.2, 0) is 0 Å². The van der Waals surface area contributed by atoms with Crippen molar-refractivity contribution in [1.29, 1.82) is 5.26 Å². The molecular weight excluding hydrogens is 564 g/mol. The molecule has 0 spiro atoms. The standard InChI is InChI=1S/C33H35F2N7O2/c1-2-44-26-18-27(31-23(19-36)7-12-42(31)21-26)24-3-6-30(38-20-24)41-13-8-33(9-14-41,22-40-15-10-37-11-16-40)39-32(43)28-17-25(34)4-5-29(28)35/h3-7,12,17-18,20-21,37H,2,8-11,13-16,22H2,1H3,(H,39,43). The number of piperidine rings is 1. The summed E-state index contributed by atoms with van der Waals surface area (Å²) in [7, 11) is 0. The minimum atomic E-state index is -0.742. The van der Waals surface area contributed by atoms with Gasteiger partial charge in [-0.25, -0.2) is 13.8 Å². The first-order valence-corrected chi connectivity index (χ1v) is 15.0. The van der Waals surface area contributed by atoms with Gasteiger partial charge in [-0.2, -0.15) is 5.26 Å². The van der Waals surface area contributed by atoms with E-state index in [1.165, 1.54) is 0 Å². The Hall–Kier alpha value is -4.53. The number of carbonyl (C=O) groups is 1. The number of pyridine rings is 2. The molecule has 2 aliphatic heterocycles. The summed E-state index contributed by atoms with van der Waals surface area (Å²) < 4.78 is 36.0. The largest absolute Gasteiger partial charge is 0.492 e. The number of piperazine rings is 1. The number of nitrogens with one attached hydrogen (secondary N) is 2. The molecule has 1 aromatic carbocycles. The summed E-state index contributed by atoms with van der Waals surface area (Å²) in [6.45, 7) is 7.78. The highest BCUT2D eigenvalue weighted by atomic mass is 19.1. The van der Waals surface area contributed by atoms with Crippen molar-refractivity contribution in [3.8, 4) is 22.9 Å². The maximum absolute atomic E-state index is 14.5. The first-order chi connectivity index (χ1) is 21.4. The van der Waals surface area contributed by atoms with E-state index in [1.807, 2.05) is 48.1 Å². The lowest BCUT2D eigenvalue weighted by Gasteiger charge is -2.46. The summed E-state index contributed by atoms with van der Waals surface area (Å²) in [5.41, 5.74) is 2.21. The first kappa shape index (κ1) is 29.5. The van der Waals surface area contributed by atoms with Crippen LogP contribution in [0.4, 0.5) is 14.6 Å². The number of fused-ring (bicyclic) bond motifs is 1. The second kappa shape index (κ2) is 12.6. The molecule has 2 N–H and O–H groups in total. The molecule has 1 amide bonds. The zero-order valence-electron chi connectivity index (χ0n) is 24.7. The van der Waals surface area contributed by atoms with Crippen molar-refractivity contribution < 1.29 is 18.3 Å². The third-order valence-corrected chi connectivity index (χ3v) is 8.55.